The fourth-order valence-electron chi connectivity index (χ4n) is 7.23. The monoisotopic (exact) mass is 736 g/mol. The van der Waals surface area contributed by atoms with Crippen LogP contribution in [-0.2, 0) is 29.9 Å². The predicted octanol–water partition coefficient (Wildman–Crippen LogP) is 7.19. The number of rotatable bonds is 7. The number of nitrogens with two attached hydrogens (primary N) is 1. The topological polar surface area (TPSA) is 119 Å². The van der Waals surface area contributed by atoms with Crippen LogP contribution >= 0.6 is 0 Å². The third-order valence-electron chi connectivity index (χ3n) is 9.55. The molecule has 8 nitrogen and oxygen atoms in total. The van der Waals surface area contributed by atoms with Gasteiger partial charge in [0.1, 0.15) is 41.0 Å². The molecule has 3 unspecified atom stereocenters. The minimum absolute atomic E-state index is 0.0269. The maximum Gasteiger partial charge on any atom is 0.435 e. The summed E-state index contributed by atoms with van der Waals surface area (Å²) < 4.78 is 103. The van der Waals surface area contributed by atoms with E-state index in [4.69, 9.17) is 10.7 Å². The number of aliphatic hydroxyl groups is 1. The van der Waals surface area contributed by atoms with Crippen molar-refractivity contribution in [2.75, 3.05) is 5.73 Å². The number of halogens is 7. The minimum Gasteiger partial charge on any atom is -0.383 e. The van der Waals surface area contributed by atoms with Gasteiger partial charge in [0, 0.05) is 34.7 Å². The van der Waals surface area contributed by atoms with Crippen LogP contribution in [0.1, 0.15) is 72.6 Å². The maximum absolute atomic E-state index is 15.5. The summed E-state index contributed by atoms with van der Waals surface area (Å²) in [6.07, 6.45) is -3.69. The van der Waals surface area contributed by atoms with Gasteiger partial charge in [-0.1, -0.05) is 24.1 Å². The number of carbonyl (C=O) groups excluding carboxylic acids is 1. The number of alkyl halides is 5. The van der Waals surface area contributed by atoms with Gasteiger partial charge in [-0.15, -0.1) is 0 Å². The maximum atomic E-state index is 15.5. The lowest BCUT2D eigenvalue weighted by Crippen LogP contribution is -2.36. The Hall–Kier alpha value is -5.49. The number of benzene rings is 2. The van der Waals surface area contributed by atoms with Crippen molar-refractivity contribution in [3.8, 4) is 23.0 Å². The third-order valence-corrected chi connectivity index (χ3v) is 9.55. The van der Waals surface area contributed by atoms with Crippen LogP contribution in [0.3, 0.4) is 0 Å². The first kappa shape index (κ1) is 35.9. The van der Waals surface area contributed by atoms with Gasteiger partial charge in [0.15, 0.2) is 5.69 Å². The van der Waals surface area contributed by atoms with Crippen LogP contribution in [0, 0.1) is 29.4 Å². The molecule has 1 saturated carbocycles. The SMILES string of the molecule is CC(C)(O)C#Cc1ccc(-c2cccc3c(N)nccc23)c(C(Cc2cc(F)cc(F)c2)NC(=O)Cn2nc(C(F)(F)F)c3c2C(F)(F)C2CCC32)n1. The van der Waals surface area contributed by atoms with Crippen LogP contribution in [0.2, 0.25) is 0 Å². The third kappa shape index (κ3) is 6.79. The first-order valence-corrected chi connectivity index (χ1v) is 16.6. The number of hydrogen-bond acceptors (Lipinski definition) is 6. The van der Waals surface area contributed by atoms with Gasteiger partial charge in [-0.2, -0.15) is 27.1 Å². The molecule has 1 amide bonds. The molecule has 7 rings (SSSR count). The van der Waals surface area contributed by atoms with Crippen LogP contribution < -0.4 is 11.1 Å². The van der Waals surface area contributed by atoms with Crippen molar-refractivity contribution in [2.24, 2.45) is 5.92 Å². The molecule has 0 bridgehead atoms. The Morgan fingerprint density at radius 1 is 1.06 bits per heavy atom. The zero-order valence-corrected chi connectivity index (χ0v) is 28.2. The summed E-state index contributed by atoms with van der Waals surface area (Å²) in [7, 11) is 0. The number of carbonyl (C=O) groups is 1. The smallest absolute Gasteiger partial charge is 0.383 e. The largest absolute Gasteiger partial charge is 0.435 e. The van der Waals surface area contributed by atoms with Gasteiger partial charge in [-0.25, -0.2) is 18.7 Å². The number of hydrogen-bond donors (Lipinski definition) is 3. The number of amides is 1. The van der Waals surface area contributed by atoms with Crippen LogP contribution in [0.15, 0.2) is 60.8 Å². The van der Waals surface area contributed by atoms with Crippen molar-refractivity contribution in [1.82, 2.24) is 25.1 Å². The zero-order valence-electron chi connectivity index (χ0n) is 28.2. The van der Waals surface area contributed by atoms with Crippen LogP contribution in [0.4, 0.5) is 36.6 Å². The lowest BCUT2D eigenvalue weighted by molar-refractivity contribution is -0.144. The molecular formula is C38H31F7N6O2. The van der Waals surface area contributed by atoms with Crippen molar-refractivity contribution in [2.45, 2.75) is 69.3 Å². The predicted molar refractivity (Wildman–Crippen MR) is 180 cm³/mol. The molecule has 0 spiro atoms. The summed E-state index contributed by atoms with van der Waals surface area (Å²) in [5.74, 6) is -3.21. The molecule has 0 radical (unpaired) electrons. The number of aromatic nitrogens is 4. The summed E-state index contributed by atoms with van der Waals surface area (Å²) in [6.45, 7) is 1.89. The fourth-order valence-corrected chi connectivity index (χ4v) is 7.23. The Balaban J connectivity index is 1.36. The van der Waals surface area contributed by atoms with E-state index in [1.807, 2.05) is 0 Å². The number of nitrogens with one attached hydrogen (secondary N) is 1. The molecular weight excluding hydrogens is 705 g/mol. The molecule has 0 saturated heterocycles. The molecule has 15 heteroatoms. The first-order valence-electron chi connectivity index (χ1n) is 16.6. The first-order chi connectivity index (χ1) is 24.9. The zero-order chi connectivity index (χ0) is 38.0. The van der Waals surface area contributed by atoms with E-state index in [0.717, 1.165) is 12.1 Å². The van der Waals surface area contributed by atoms with Crippen molar-refractivity contribution >= 4 is 22.5 Å². The number of anilines is 1. The lowest BCUT2D eigenvalue weighted by Gasteiger charge is -2.34. The van der Waals surface area contributed by atoms with Crippen LogP contribution in [-0.4, -0.2) is 36.4 Å². The number of pyridine rings is 2. The summed E-state index contributed by atoms with van der Waals surface area (Å²) in [5.41, 5.74) is 3.01. The van der Waals surface area contributed by atoms with E-state index in [1.165, 1.54) is 20.0 Å². The van der Waals surface area contributed by atoms with E-state index in [2.05, 4.69) is 27.2 Å². The average molecular weight is 737 g/mol. The molecule has 5 aromatic rings. The Bertz CT molecular complexity index is 2320. The van der Waals surface area contributed by atoms with Gasteiger partial charge in [-0.05, 0) is 91.8 Å². The van der Waals surface area contributed by atoms with Crippen molar-refractivity contribution < 1.29 is 40.6 Å². The molecule has 4 N–H and O–H groups in total. The van der Waals surface area contributed by atoms with Gasteiger partial charge in [-0.3, -0.25) is 9.48 Å². The summed E-state index contributed by atoms with van der Waals surface area (Å²) in [6, 6.07) is 11.6. The standard InChI is InChI=1S/C38H31F7N6O2/c1-36(2,53)12-10-22-6-7-25(23-4-3-5-26-24(23)11-13-47-35(26)46)32(48-22)29(16-19-14-20(39)17-21(40)15-19)49-30(52)18-51-34-31(33(50-51)38(43,44)45)27-8-9-28(27)37(34,41)42/h3-7,11,13-15,17,27-29,53H,8-9,16,18H2,1-2H3,(H2,46,47)(H,49,52). The number of fused-ring (bicyclic) bond motifs is 4. The second-order valence-electron chi connectivity index (χ2n) is 13.8. The summed E-state index contributed by atoms with van der Waals surface area (Å²) in [5, 5.41) is 17.6. The van der Waals surface area contributed by atoms with Gasteiger partial charge in [0.25, 0.3) is 5.92 Å². The molecule has 3 atom stereocenters. The van der Waals surface area contributed by atoms with E-state index < -0.39 is 76.6 Å². The van der Waals surface area contributed by atoms with Crippen molar-refractivity contribution in [3.63, 3.8) is 0 Å². The summed E-state index contributed by atoms with van der Waals surface area (Å²) in [4.78, 5) is 22.7. The highest BCUT2D eigenvalue weighted by Crippen LogP contribution is 2.64. The molecule has 1 fully saturated rings. The highest BCUT2D eigenvalue weighted by molar-refractivity contribution is 6.01. The Labute approximate surface area is 298 Å². The molecule has 2 aliphatic carbocycles. The van der Waals surface area contributed by atoms with Crippen molar-refractivity contribution in [3.05, 3.63) is 106 Å². The highest BCUT2D eigenvalue weighted by Gasteiger charge is 2.63. The van der Waals surface area contributed by atoms with Gasteiger partial charge < -0.3 is 16.2 Å². The minimum atomic E-state index is -5.04. The second kappa shape index (κ2) is 12.9. The Kier molecular flexibility index (Phi) is 8.72. The normalized spacial score (nSPS) is 18.1. The van der Waals surface area contributed by atoms with E-state index in [9.17, 15) is 31.9 Å². The van der Waals surface area contributed by atoms with Gasteiger partial charge in [0.2, 0.25) is 5.91 Å². The highest BCUT2D eigenvalue weighted by atomic mass is 19.4. The molecule has 53 heavy (non-hydrogen) atoms. The molecule has 3 heterocycles. The van der Waals surface area contributed by atoms with Crippen LogP contribution in [0.5, 0.6) is 0 Å². The van der Waals surface area contributed by atoms with E-state index >= 15 is 8.78 Å². The average Bonchev–Trinajstić information content (AvgIpc) is 3.48. The number of nitrogen functional groups attached to an aromatic ring is 1. The molecule has 3 aromatic heterocycles. The summed E-state index contributed by atoms with van der Waals surface area (Å²) >= 11 is 0. The second-order valence-corrected chi connectivity index (χ2v) is 13.8. The van der Waals surface area contributed by atoms with E-state index in [0.29, 0.717) is 32.6 Å². The Morgan fingerprint density at radius 3 is 2.45 bits per heavy atom. The molecule has 274 valence electrons. The quantitative estimate of drug-likeness (QED) is 0.120. The Morgan fingerprint density at radius 2 is 1.79 bits per heavy atom. The fraction of sp³-hybridized carbons (Fsp3) is 0.316. The molecule has 2 aliphatic rings. The van der Waals surface area contributed by atoms with Gasteiger partial charge in [0.05, 0.1) is 11.7 Å². The lowest BCUT2D eigenvalue weighted by atomic mass is 9.73. The van der Waals surface area contributed by atoms with Gasteiger partial charge >= 0.3 is 6.18 Å². The molecule has 2 aromatic carbocycles. The van der Waals surface area contributed by atoms with E-state index in [1.54, 1.807) is 36.4 Å². The number of nitrogens with zero attached hydrogens (tertiary/aromatic N) is 4. The van der Waals surface area contributed by atoms with Crippen molar-refractivity contribution in [1.29, 1.82) is 0 Å². The van der Waals surface area contributed by atoms with Crippen LogP contribution in [0.25, 0.3) is 21.9 Å². The van der Waals surface area contributed by atoms with E-state index in [-0.39, 0.29) is 42.0 Å². The molecule has 0 aliphatic heterocycles.